The maximum Gasteiger partial charge on any atom is 0.0895 e. The Morgan fingerprint density at radius 1 is 1.24 bits per heavy atom. The molecule has 0 aromatic rings. The fourth-order valence-corrected chi connectivity index (χ4v) is 3.88. The minimum Gasteiger partial charge on any atom is -0.390 e. The van der Waals surface area contributed by atoms with E-state index in [-0.39, 0.29) is 28.5 Å². The van der Waals surface area contributed by atoms with E-state index >= 15 is 0 Å². The van der Waals surface area contributed by atoms with Gasteiger partial charge in [0.1, 0.15) is 0 Å². The van der Waals surface area contributed by atoms with Crippen molar-refractivity contribution in [3.63, 3.8) is 0 Å². The summed E-state index contributed by atoms with van der Waals surface area (Å²) in [7, 11) is 0. The van der Waals surface area contributed by atoms with Crippen LogP contribution in [0.15, 0.2) is 0 Å². The summed E-state index contributed by atoms with van der Waals surface area (Å²) in [6.07, 6.45) is 2.10. The van der Waals surface area contributed by atoms with Gasteiger partial charge in [-0.25, -0.2) is 0 Å². The summed E-state index contributed by atoms with van der Waals surface area (Å²) in [6, 6.07) is 0. The summed E-state index contributed by atoms with van der Waals surface area (Å²) in [6.45, 7) is 14.2. The smallest absolute Gasteiger partial charge is 0.0895 e. The number of aliphatic hydroxyl groups is 1. The molecule has 2 rings (SSSR count). The van der Waals surface area contributed by atoms with E-state index in [4.69, 9.17) is 4.74 Å². The molecular formula is C15H28O2. The molecule has 2 aliphatic carbocycles. The number of aliphatic hydroxyl groups excluding tert-OH is 1. The Kier molecular flexibility index (Phi) is 2.91. The molecule has 0 unspecified atom stereocenters. The zero-order valence-corrected chi connectivity index (χ0v) is 12.2. The van der Waals surface area contributed by atoms with Crippen LogP contribution in [-0.4, -0.2) is 23.9 Å². The zero-order chi connectivity index (χ0) is 13.1. The standard InChI is InChI=1S/C15H28O2/c1-13(2,3)9-17-12-11(16)10-7-8-15(12,6)14(10,4)5/h10-12,16H,7-9H2,1-6H3/t10-,11-,12-,15+/m0/s1. The Balaban J connectivity index is 2.15. The average Bonchev–Trinajstić information content (AvgIpc) is 2.43. The van der Waals surface area contributed by atoms with Gasteiger partial charge in [0.2, 0.25) is 0 Å². The molecule has 0 aromatic carbocycles. The lowest BCUT2D eigenvalue weighted by Crippen LogP contribution is -2.43. The van der Waals surface area contributed by atoms with Gasteiger partial charge in [-0.05, 0) is 29.6 Å². The minimum atomic E-state index is -0.272. The van der Waals surface area contributed by atoms with E-state index in [9.17, 15) is 5.11 Å². The van der Waals surface area contributed by atoms with Gasteiger partial charge in [-0.1, -0.05) is 41.5 Å². The van der Waals surface area contributed by atoms with E-state index in [1.165, 1.54) is 6.42 Å². The molecule has 0 amide bonds. The number of rotatable bonds is 2. The fourth-order valence-electron chi connectivity index (χ4n) is 3.88. The minimum absolute atomic E-state index is 0.0236. The van der Waals surface area contributed by atoms with Crippen molar-refractivity contribution in [3.05, 3.63) is 0 Å². The number of hydrogen-bond donors (Lipinski definition) is 1. The van der Waals surface area contributed by atoms with Gasteiger partial charge in [0.05, 0.1) is 18.8 Å². The quantitative estimate of drug-likeness (QED) is 0.803. The third-order valence-corrected chi connectivity index (χ3v) is 5.42. The summed E-state index contributed by atoms with van der Waals surface area (Å²) in [4.78, 5) is 0. The highest BCUT2D eigenvalue weighted by Gasteiger charge is 2.66. The Morgan fingerprint density at radius 2 is 1.82 bits per heavy atom. The molecule has 0 aliphatic heterocycles. The van der Waals surface area contributed by atoms with Gasteiger partial charge in [-0.3, -0.25) is 0 Å². The van der Waals surface area contributed by atoms with E-state index in [2.05, 4.69) is 41.5 Å². The molecule has 4 atom stereocenters. The third-order valence-electron chi connectivity index (χ3n) is 5.42. The zero-order valence-electron chi connectivity index (χ0n) is 12.2. The average molecular weight is 240 g/mol. The molecule has 0 heterocycles. The van der Waals surface area contributed by atoms with Gasteiger partial charge >= 0.3 is 0 Å². The first kappa shape index (κ1) is 13.4. The van der Waals surface area contributed by atoms with Crippen molar-refractivity contribution in [3.8, 4) is 0 Å². The van der Waals surface area contributed by atoms with Crippen LogP contribution in [0.2, 0.25) is 0 Å². The lowest BCUT2D eigenvalue weighted by molar-refractivity contribution is -0.113. The van der Waals surface area contributed by atoms with Crippen molar-refractivity contribution in [2.75, 3.05) is 6.61 Å². The Labute approximate surface area is 106 Å². The second-order valence-electron chi connectivity index (χ2n) is 8.07. The molecule has 0 saturated heterocycles. The van der Waals surface area contributed by atoms with E-state index in [0.29, 0.717) is 5.92 Å². The van der Waals surface area contributed by atoms with Crippen LogP contribution in [0.25, 0.3) is 0 Å². The summed E-state index contributed by atoms with van der Waals surface area (Å²) < 4.78 is 6.10. The molecule has 1 N–H and O–H groups in total. The second kappa shape index (κ2) is 3.71. The molecule has 2 saturated carbocycles. The van der Waals surface area contributed by atoms with Crippen LogP contribution in [0.1, 0.15) is 54.4 Å². The monoisotopic (exact) mass is 240 g/mol. The highest BCUT2D eigenvalue weighted by Crippen LogP contribution is 2.66. The summed E-state index contributed by atoms with van der Waals surface area (Å²) in [5.74, 6) is 0.414. The molecular weight excluding hydrogens is 212 g/mol. The van der Waals surface area contributed by atoms with Gasteiger partial charge in [-0.15, -0.1) is 0 Å². The van der Waals surface area contributed by atoms with E-state index < -0.39 is 0 Å². The van der Waals surface area contributed by atoms with Gasteiger partial charge in [0, 0.05) is 5.41 Å². The molecule has 2 fully saturated rings. The van der Waals surface area contributed by atoms with E-state index in [0.717, 1.165) is 13.0 Å². The van der Waals surface area contributed by atoms with Gasteiger partial charge in [0.15, 0.2) is 0 Å². The Morgan fingerprint density at radius 3 is 2.24 bits per heavy atom. The van der Waals surface area contributed by atoms with Crippen molar-refractivity contribution in [1.82, 2.24) is 0 Å². The van der Waals surface area contributed by atoms with E-state index in [1.54, 1.807) is 0 Å². The first-order valence-electron chi connectivity index (χ1n) is 6.89. The van der Waals surface area contributed by atoms with Gasteiger partial charge in [0.25, 0.3) is 0 Å². The summed E-state index contributed by atoms with van der Waals surface area (Å²) >= 11 is 0. The highest BCUT2D eigenvalue weighted by molar-refractivity contribution is 5.15. The van der Waals surface area contributed by atoms with Crippen molar-refractivity contribution < 1.29 is 9.84 Å². The predicted molar refractivity (Wildman–Crippen MR) is 69.8 cm³/mol. The van der Waals surface area contributed by atoms with Crippen LogP contribution in [0, 0.1) is 22.2 Å². The van der Waals surface area contributed by atoms with E-state index in [1.807, 2.05) is 0 Å². The van der Waals surface area contributed by atoms with Crippen LogP contribution in [0.3, 0.4) is 0 Å². The molecule has 2 aliphatic rings. The SMILES string of the molecule is CC(C)(C)CO[C@H]1[C@@H](O)[C@@H]2CC[C@@]1(C)C2(C)C. The number of fused-ring (bicyclic) bond motifs is 2. The van der Waals surface area contributed by atoms with Crippen LogP contribution >= 0.6 is 0 Å². The Hall–Kier alpha value is -0.0800. The van der Waals surface area contributed by atoms with Crippen molar-refractivity contribution in [2.45, 2.75) is 66.6 Å². The van der Waals surface area contributed by atoms with Crippen molar-refractivity contribution >= 4 is 0 Å². The summed E-state index contributed by atoms with van der Waals surface area (Å²) in [5, 5.41) is 10.5. The fraction of sp³-hybridized carbons (Fsp3) is 1.00. The number of hydrogen-bond acceptors (Lipinski definition) is 2. The maximum atomic E-state index is 10.5. The van der Waals surface area contributed by atoms with Crippen LogP contribution in [-0.2, 0) is 4.74 Å². The first-order valence-corrected chi connectivity index (χ1v) is 6.89. The molecule has 0 radical (unpaired) electrons. The molecule has 0 aromatic heterocycles. The third kappa shape index (κ3) is 1.84. The molecule has 100 valence electrons. The van der Waals surface area contributed by atoms with Crippen LogP contribution in [0.5, 0.6) is 0 Å². The molecule has 2 nitrogen and oxygen atoms in total. The molecule has 2 bridgehead atoms. The predicted octanol–water partition coefficient (Wildman–Crippen LogP) is 3.23. The molecule has 0 spiro atoms. The van der Waals surface area contributed by atoms with Gasteiger partial charge < -0.3 is 9.84 Å². The maximum absolute atomic E-state index is 10.5. The van der Waals surface area contributed by atoms with Crippen molar-refractivity contribution in [1.29, 1.82) is 0 Å². The Bertz CT molecular complexity index is 303. The normalized spacial score (nSPS) is 44.3. The molecule has 2 heteroatoms. The van der Waals surface area contributed by atoms with Crippen LogP contribution in [0.4, 0.5) is 0 Å². The van der Waals surface area contributed by atoms with Crippen molar-refractivity contribution in [2.24, 2.45) is 22.2 Å². The largest absolute Gasteiger partial charge is 0.390 e. The van der Waals surface area contributed by atoms with Gasteiger partial charge in [-0.2, -0.15) is 0 Å². The lowest BCUT2D eigenvalue weighted by atomic mass is 9.70. The lowest BCUT2D eigenvalue weighted by Gasteiger charge is -2.40. The second-order valence-corrected chi connectivity index (χ2v) is 8.07. The van der Waals surface area contributed by atoms with Crippen LogP contribution < -0.4 is 0 Å². The topological polar surface area (TPSA) is 29.5 Å². The summed E-state index contributed by atoms with van der Waals surface area (Å²) in [5.41, 5.74) is 0.513. The number of ether oxygens (including phenoxy) is 1. The first-order chi connectivity index (χ1) is 7.59. The highest BCUT2D eigenvalue weighted by atomic mass is 16.5. The molecule has 17 heavy (non-hydrogen) atoms.